The second-order valence-electron chi connectivity index (χ2n) is 7.07. The number of rotatable bonds is 4. The largest absolute Gasteiger partial charge is 0.340 e. The molecule has 2 aromatic rings. The van der Waals surface area contributed by atoms with E-state index in [0.29, 0.717) is 0 Å². The van der Waals surface area contributed by atoms with Gasteiger partial charge in [-0.15, -0.1) is 0 Å². The van der Waals surface area contributed by atoms with Crippen LogP contribution < -0.4 is 4.90 Å². The third kappa shape index (κ3) is 3.33. The first-order chi connectivity index (χ1) is 11.8. The Morgan fingerprint density at radius 1 is 0.875 bits per heavy atom. The predicted molar refractivity (Wildman–Crippen MR) is 103 cm³/mol. The summed E-state index contributed by atoms with van der Waals surface area (Å²) in [6.45, 7) is 7.27. The minimum absolute atomic E-state index is 0.916. The van der Waals surface area contributed by atoms with E-state index in [1.165, 1.54) is 60.1 Å². The van der Waals surface area contributed by atoms with E-state index in [9.17, 15) is 0 Å². The van der Waals surface area contributed by atoms with Crippen LogP contribution in [0.3, 0.4) is 0 Å². The number of nitrogens with zero attached hydrogens (tertiary/aromatic N) is 2. The molecule has 2 aliphatic rings. The minimum atomic E-state index is 0.916. The van der Waals surface area contributed by atoms with Crippen LogP contribution in [0.1, 0.15) is 26.2 Å². The van der Waals surface area contributed by atoms with Crippen LogP contribution in [0.2, 0.25) is 0 Å². The summed E-state index contributed by atoms with van der Waals surface area (Å²) in [6.07, 6.45) is 3.96. The molecule has 0 unspecified atom stereocenters. The van der Waals surface area contributed by atoms with Crippen molar-refractivity contribution < 1.29 is 0 Å². The molecule has 2 aromatic carbocycles. The molecule has 0 aliphatic carbocycles. The number of para-hydroxylation sites is 2. The first kappa shape index (κ1) is 16.0. The smallest absolute Gasteiger partial charge is 0.0552 e. The third-order valence-electron chi connectivity index (χ3n) is 5.26. The van der Waals surface area contributed by atoms with E-state index in [0.717, 1.165) is 12.5 Å². The van der Waals surface area contributed by atoms with E-state index in [2.05, 4.69) is 65.3 Å². The highest BCUT2D eigenvalue weighted by atomic mass is 32.2. The Labute approximate surface area is 149 Å². The van der Waals surface area contributed by atoms with Crippen molar-refractivity contribution in [1.82, 2.24) is 4.90 Å². The summed E-state index contributed by atoms with van der Waals surface area (Å²) >= 11 is 1.90. The number of piperidine rings is 1. The number of benzene rings is 2. The fraction of sp³-hybridized carbons (Fsp3) is 0.429. The fourth-order valence-corrected chi connectivity index (χ4v) is 4.86. The maximum Gasteiger partial charge on any atom is 0.0552 e. The molecule has 0 N–H and O–H groups in total. The SMILES string of the molecule is CC1CCN(CCCN2c3ccccc3Sc3ccccc32)CC1. The van der Waals surface area contributed by atoms with Gasteiger partial charge in [0.25, 0.3) is 0 Å². The highest BCUT2D eigenvalue weighted by Crippen LogP contribution is 2.47. The van der Waals surface area contributed by atoms with Gasteiger partial charge >= 0.3 is 0 Å². The van der Waals surface area contributed by atoms with Crippen molar-refractivity contribution in [2.45, 2.75) is 36.0 Å². The van der Waals surface area contributed by atoms with Gasteiger partial charge < -0.3 is 9.80 Å². The van der Waals surface area contributed by atoms with Gasteiger partial charge in [0.1, 0.15) is 0 Å². The zero-order valence-corrected chi connectivity index (χ0v) is 15.3. The van der Waals surface area contributed by atoms with Gasteiger partial charge in [-0.3, -0.25) is 0 Å². The van der Waals surface area contributed by atoms with Crippen LogP contribution in [0.5, 0.6) is 0 Å². The van der Waals surface area contributed by atoms with Crippen LogP contribution in [-0.4, -0.2) is 31.1 Å². The van der Waals surface area contributed by atoms with Gasteiger partial charge in [0.15, 0.2) is 0 Å². The first-order valence-corrected chi connectivity index (χ1v) is 9.99. The van der Waals surface area contributed by atoms with Gasteiger partial charge in [-0.1, -0.05) is 43.0 Å². The third-order valence-corrected chi connectivity index (χ3v) is 6.39. The van der Waals surface area contributed by atoms with E-state index in [4.69, 9.17) is 0 Å². The van der Waals surface area contributed by atoms with E-state index >= 15 is 0 Å². The molecule has 0 radical (unpaired) electrons. The lowest BCUT2D eigenvalue weighted by molar-refractivity contribution is 0.191. The van der Waals surface area contributed by atoms with Gasteiger partial charge in [0.2, 0.25) is 0 Å². The summed E-state index contributed by atoms with van der Waals surface area (Å²) in [7, 11) is 0. The molecular formula is C21H26N2S. The average Bonchev–Trinajstić information content (AvgIpc) is 2.63. The highest BCUT2D eigenvalue weighted by Gasteiger charge is 2.23. The molecule has 2 aliphatic heterocycles. The van der Waals surface area contributed by atoms with Crippen LogP contribution in [0.25, 0.3) is 0 Å². The van der Waals surface area contributed by atoms with Crippen molar-refractivity contribution in [3.63, 3.8) is 0 Å². The van der Waals surface area contributed by atoms with Crippen LogP contribution in [0.15, 0.2) is 58.3 Å². The molecule has 0 saturated carbocycles. The Morgan fingerprint density at radius 2 is 1.46 bits per heavy atom. The Bertz CT molecular complexity index is 646. The Morgan fingerprint density at radius 3 is 2.08 bits per heavy atom. The summed E-state index contributed by atoms with van der Waals surface area (Å²) in [5, 5.41) is 0. The number of likely N-dealkylation sites (tertiary alicyclic amines) is 1. The number of hydrogen-bond acceptors (Lipinski definition) is 3. The summed E-state index contributed by atoms with van der Waals surface area (Å²) in [4.78, 5) is 7.93. The van der Waals surface area contributed by atoms with E-state index < -0.39 is 0 Å². The molecule has 126 valence electrons. The fourth-order valence-electron chi connectivity index (χ4n) is 3.76. The Hall–Kier alpha value is -1.45. The molecule has 4 rings (SSSR count). The van der Waals surface area contributed by atoms with Crippen molar-refractivity contribution in [2.75, 3.05) is 31.1 Å². The lowest BCUT2D eigenvalue weighted by Gasteiger charge is -2.34. The van der Waals surface area contributed by atoms with Crippen LogP contribution in [-0.2, 0) is 0 Å². The predicted octanol–water partition coefficient (Wildman–Crippen LogP) is 5.41. The molecule has 1 fully saturated rings. The standard InChI is InChI=1S/C21H26N2S/c1-17-11-15-22(16-12-17)13-6-14-23-18-7-2-4-9-20(18)24-21-10-5-3-8-19(21)23/h2-5,7-10,17H,6,11-16H2,1H3. The number of fused-ring (bicyclic) bond motifs is 2. The average molecular weight is 339 g/mol. The minimum Gasteiger partial charge on any atom is -0.340 e. The van der Waals surface area contributed by atoms with Crippen LogP contribution in [0, 0.1) is 5.92 Å². The van der Waals surface area contributed by atoms with E-state index in [-0.39, 0.29) is 0 Å². The van der Waals surface area contributed by atoms with Crippen molar-refractivity contribution in [3.05, 3.63) is 48.5 Å². The zero-order valence-electron chi connectivity index (χ0n) is 14.4. The summed E-state index contributed by atoms with van der Waals surface area (Å²) in [6, 6.07) is 17.6. The van der Waals surface area contributed by atoms with Gasteiger partial charge in [-0.25, -0.2) is 0 Å². The molecule has 0 bridgehead atoms. The molecule has 3 heteroatoms. The molecule has 2 nitrogen and oxygen atoms in total. The molecule has 2 heterocycles. The Balaban J connectivity index is 1.46. The summed E-state index contributed by atoms with van der Waals surface area (Å²) in [5.41, 5.74) is 2.74. The van der Waals surface area contributed by atoms with Crippen molar-refractivity contribution in [1.29, 1.82) is 0 Å². The monoisotopic (exact) mass is 338 g/mol. The number of hydrogen-bond donors (Lipinski definition) is 0. The molecular weight excluding hydrogens is 312 g/mol. The van der Waals surface area contributed by atoms with Gasteiger partial charge in [-0.2, -0.15) is 0 Å². The topological polar surface area (TPSA) is 6.48 Å². The van der Waals surface area contributed by atoms with Crippen LogP contribution in [0.4, 0.5) is 11.4 Å². The normalized spacial score (nSPS) is 18.3. The Kier molecular flexibility index (Phi) is 4.81. The molecule has 1 saturated heterocycles. The summed E-state index contributed by atoms with van der Waals surface area (Å²) in [5.74, 6) is 0.916. The van der Waals surface area contributed by atoms with Crippen molar-refractivity contribution in [2.24, 2.45) is 5.92 Å². The number of anilines is 2. The van der Waals surface area contributed by atoms with Crippen molar-refractivity contribution in [3.8, 4) is 0 Å². The summed E-state index contributed by atoms with van der Waals surface area (Å²) < 4.78 is 0. The lowest BCUT2D eigenvalue weighted by atomic mass is 9.99. The van der Waals surface area contributed by atoms with Crippen LogP contribution >= 0.6 is 11.8 Å². The van der Waals surface area contributed by atoms with Gasteiger partial charge in [0, 0.05) is 16.3 Å². The second kappa shape index (κ2) is 7.20. The van der Waals surface area contributed by atoms with E-state index in [1.54, 1.807) is 0 Å². The van der Waals surface area contributed by atoms with Gasteiger partial charge in [0.05, 0.1) is 11.4 Å². The molecule has 0 aromatic heterocycles. The highest BCUT2D eigenvalue weighted by molar-refractivity contribution is 7.99. The first-order valence-electron chi connectivity index (χ1n) is 9.17. The molecule has 0 atom stereocenters. The molecule has 0 amide bonds. The zero-order chi connectivity index (χ0) is 16.4. The second-order valence-corrected chi connectivity index (χ2v) is 8.15. The van der Waals surface area contributed by atoms with E-state index in [1.807, 2.05) is 11.8 Å². The lowest BCUT2D eigenvalue weighted by Crippen LogP contribution is -2.35. The molecule has 24 heavy (non-hydrogen) atoms. The maximum absolute atomic E-state index is 2.65. The maximum atomic E-state index is 2.65. The van der Waals surface area contributed by atoms with Gasteiger partial charge in [-0.05, 0) is 69.1 Å². The molecule has 0 spiro atoms. The van der Waals surface area contributed by atoms with Crippen molar-refractivity contribution >= 4 is 23.1 Å². The quantitative estimate of drug-likeness (QED) is 0.736.